The maximum atomic E-state index is 5.75. The van der Waals surface area contributed by atoms with Crippen LogP contribution in [0, 0.1) is 0 Å². The van der Waals surface area contributed by atoms with E-state index in [4.69, 9.17) is 22.7 Å². The highest BCUT2D eigenvalue weighted by Crippen LogP contribution is 2.19. The second-order valence-corrected chi connectivity index (χ2v) is 5.37. The number of hydrogen-bond donors (Lipinski definition) is 1. The average molecular weight is 286 g/mol. The molecule has 1 aromatic carbocycles. The molecule has 2 aromatic rings. The molecule has 20 heavy (non-hydrogen) atoms. The third kappa shape index (κ3) is 3.78. The molecule has 0 fully saturated rings. The molecular weight excluding hydrogens is 268 g/mol. The van der Waals surface area contributed by atoms with Gasteiger partial charge in [-0.25, -0.2) is 0 Å². The predicted molar refractivity (Wildman–Crippen MR) is 85.0 cm³/mol. The Hall–Kier alpha value is -1.94. The Kier molecular flexibility index (Phi) is 4.69. The van der Waals surface area contributed by atoms with Gasteiger partial charge in [0, 0.05) is 6.20 Å². The summed E-state index contributed by atoms with van der Waals surface area (Å²) >= 11 is 4.91. The van der Waals surface area contributed by atoms with Gasteiger partial charge >= 0.3 is 0 Å². The van der Waals surface area contributed by atoms with Crippen molar-refractivity contribution in [2.45, 2.75) is 26.4 Å². The highest BCUT2D eigenvalue weighted by Gasteiger charge is 2.02. The van der Waals surface area contributed by atoms with Gasteiger partial charge in [-0.1, -0.05) is 38.2 Å². The number of rotatable bonds is 5. The molecule has 0 amide bonds. The number of pyridine rings is 1. The van der Waals surface area contributed by atoms with Gasteiger partial charge in [-0.2, -0.15) is 0 Å². The Morgan fingerprint density at radius 1 is 1.25 bits per heavy atom. The minimum Gasteiger partial charge on any atom is -0.489 e. The number of nitrogens with two attached hydrogens (primary N) is 1. The van der Waals surface area contributed by atoms with Crippen LogP contribution >= 0.6 is 12.2 Å². The topological polar surface area (TPSA) is 48.1 Å². The van der Waals surface area contributed by atoms with E-state index in [1.165, 1.54) is 5.56 Å². The van der Waals surface area contributed by atoms with Gasteiger partial charge in [-0.05, 0) is 41.3 Å². The highest BCUT2D eigenvalue weighted by atomic mass is 32.1. The molecule has 1 heterocycles. The third-order valence-corrected chi connectivity index (χ3v) is 3.24. The summed E-state index contributed by atoms with van der Waals surface area (Å²) in [4.78, 5) is 4.40. The zero-order valence-corrected chi connectivity index (χ0v) is 12.5. The van der Waals surface area contributed by atoms with Crippen LogP contribution in [-0.2, 0) is 6.61 Å². The van der Waals surface area contributed by atoms with Gasteiger partial charge < -0.3 is 10.5 Å². The van der Waals surface area contributed by atoms with Gasteiger partial charge in [0.25, 0.3) is 0 Å². The molecule has 2 N–H and O–H groups in total. The van der Waals surface area contributed by atoms with E-state index in [1.54, 1.807) is 6.20 Å². The van der Waals surface area contributed by atoms with Gasteiger partial charge in [0.15, 0.2) is 0 Å². The van der Waals surface area contributed by atoms with Crippen LogP contribution in [0.15, 0.2) is 42.6 Å². The molecule has 0 radical (unpaired) electrons. The van der Waals surface area contributed by atoms with E-state index < -0.39 is 0 Å². The Balaban J connectivity index is 2.01. The van der Waals surface area contributed by atoms with Crippen LogP contribution in [0.3, 0.4) is 0 Å². The minimum atomic E-state index is 0.299. The molecule has 4 heteroatoms. The number of nitrogens with zero attached hydrogens (tertiary/aromatic N) is 1. The van der Waals surface area contributed by atoms with Crippen molar-refractivity contribution in [2.75, 3.05) is 0 Å². The first-order chi connectivity index (χ1) is 9.56. The highest BCUT2D eigenvalue weighted by molar-refractivity contribution is 7.80. The summed E-state index contributed by atoms with van der Waals surface area (Å²) in [5.74, 6) is 1.38. The first kappa shape index (κ1) is 14.5. The Bertz CT molecular complexity index is 594. The quantitative estimate of drug-likeness (QED) is 0.856. The second kappa shape index (κ2) is 6.48. The van der Waals surface area contributed by atoms with Crippen LogP contribution < -0.4 is 10.5 Å². The molecule has 0 bridgehead atoms. The monoisotopic (exact) mass is 286 g/mol. The third-order valence-electron chi connectivity index (χ3n) is 3.03. The van der Waals surface area contributed by atoms with Crippen molar-refractivity contribution >= 4 is 17.2 Å². The molecule has 0 saturated carbocycles. The van der Waals surface area contributed by atoms with Crippen LogP contribution in [0.2, 0.25) is 0 Å². The summed E-state index contributed by atoms with van der Waals surface area (Å²) in [5, 5.41) is 0. The van der Waals surface area contributed by atoms with Crippen molar-refractivity contribution in [3.05, 3.63) is 59.4 Å². The molecule has 0 unspecified atom stereocenters. The predicted octanol–water partition coefficient (Wildman–Crippen LogP) is 3.42. The standard InChI is InChI=1S/C16H18N2OS/c1-11(2)13-3-5-14(6-4-13)19-10-12-7-8-18-15(9-12)16(17)20/h3-9,11H,10H2,1-2H3,(H2,17,20). The zero-order valence-electron chi connectivity index (χ0n) is 11.7. The van der Waals surface area contributed by atoms with Crippen molar-refractivity contribution < 1.29 is 4.74 Å². The summed E-state index contributed by atoms with van der Waals surface area (Å²) in [6.07, 6.45) is 1.69. The molecule has 3 nitrogen and oxygen atoms in total. The van der Waals surface area contributed by atoms with Gasteiger partial charge in [0.2, 0.25) is 0 Å². The van der Waals surface area contributed by atoms with Crippen LogP contribution in [0.4, 0.5) is 0 Å². The molecule has 2 rings (SSSR count). The molecule has 0 atom stereocenters. The summed E-state index contributed by atoms with van der Waals surface area (Å²) < 4.78 is 5.75. The Morgan fingerprint density at radius 2 is 1.95 bits per heavy atom. The van der Waals surface area contributed by atoms with Crippen LogP contribution in [-0.4, -0.2) is 9.97 Å². The summed E-state index contributed by atoms with van der Waals surface area (Å²) in [6, 6.07) is 11.9. The first-order valence-corrected chi connectivity index (χ1v) is 6.94. The smallest absolute Gasteiger partial charge is 0.122 e. The second-order valence-electron chi connectivity index (χ2n) is 4.93. The number of aromatic nitrogens is 1. The van der Waals surface area contributed by atoms with E-state index in [2.05, 4.69) is 31.0 Å². The van der Waals surface area contributed by atoms with Crippen LogP contribution in [0.5, 0.6) is 5.75 Å². The van der Waals surface area contributed by atoms with Crippen LogP contribution in [0.25, 0.3) is 0 Å². The van der Waals surface area contributed by atoms with Crippen molar-refractivity contribution in [3.8, 4) is 5.75 Å². The lowest BCUT2D eigenvalue weighted by atomic mass is 10.0. The first-order valence-electron chi connectivity index (χ1n) is 6.54. The van der Waals surface area contributed by atoms with E-state index in [0.29, 0.717) is 23.2 Å². The normalized spacial score (nSPS) is 10.6. The molecule has 0 saturated heterocycles. The summed E-state index contributed by atoms with van der Waals surface area (Å²) in [7, 11) is 0. The van der Waals surface area contributed by atoms with E-state index >= 15 is 0 Å². The lowest BCUT2D eigenvalue weighted by Crippen LogP contribution is -2.12. The SMILES string of the molecule is CC(C)c1ccc(OCc2ccnc(C(N)=S)c2)cc1. The summed E-state index contributed by atoms with van der Waals surface area (Å²) in [5.41, 5.74) is 8.48. The molecular formula is C16H18N2OS. The number of ether oxygens (including phenoxy) is 1. The lowest BCUT2D eigenvalue weighted by Gasteiger charge is -2.09. The van der Waals surface area contributed by atoms with Crippen molar-refractivity contribution in [3.63, 3.8) is 0 Å². The van der Waals surface area contributed by atoms with Gasteiger partial charge in [-0.3, -0.25) is 4.98 Å². The Labute approximate surface area is 124 Å². The zero-order chi connectivity index (χ0) is 14.5. The van der Waals surface area contributed by atoms with E-state index in [1.807, 2.05) is 24.3 Å². The fourth-order valence-electron chi connectivity index (χ4n) is 1.81. The van der Waals surface area contributed by atoms with Gasteiger partial charge in [-0.15, -0.1) is 0 Å². The van der Waals surface area contributed by atoms with E-state index in [0.717, 1.165) is 11.3 Å². The molecule has 104 valence electrons. The Morgan fingerprint density at radius 3 is 2.55 bits per heavy atom. The van der Waals surface area contributed by atoms with Crippen molar-refractivity contribution in [1.82, 2.24) is 4.98 Å². The largest absolute Gasteiger partial charge is 0.489 e. The lowest BCUT2D eigenvalue weighted by molar-refractivity contribution is 0.306. The van der Waals surface area contributed by atoms with Crippen molar-refractivity contribution in [2.24, 2.45) is 5.73 Å². The fraction of sp³-hybridized carbons (Fsp3) is 0.250. The maximum Gasteiger partial charge on any atom is 0.122 e. The van der Waals surface area contributed by atoms with E-state index in [9.17, 15) is 0 Å². The molecule has 1 aromatic heterocycles. The number of hydrogen-bond acceptors (Lipinski definition) is 3. The van der Waals surface area contributed by atoms with Crippen LogP contribution in [0.1, 0.15) is 36.6 Å². The maximum absolute atomic E-state index is 5.75. The van der Waals surface area contributed by atoms with Gasteiger partial charge in [0.05, 0.1) is 5.69 Å². The van der Waals surface area contributed by atoms with Crippen molar-refractivity contribution in [1.29, 1.82) is 0 Å². The molecule has 0 aliphatic heterocycles. The minimum absolute atomic E-state index is 0.299. The molecule has 0 aliphatic rings. The summed E-state index contributed by atoms with van der Waals surface area (Å²) in [6.45, 7) is 4.81. The van der Waals surface area contributed by atoms with Gasteiger partial charge in [0.1, 0.15) is 17.3 Å². The number of thiocarbonyl (C=S) groups is 1. The average Bonchev–Trinajstić information content (AvgIpc) is 2.46. The fourth-order valence-corrected chi connectivity index (χ4v) is 1.93. The number of benzene rings is 1. The van der Waals surface area contributed by atoms with E-state index in [-0.39, 0.29) is 0 Å². The molecule has 0 aliphatic carbocycles. The molecule has 0 spiro atoms.